The molecule has 0 aliphatic rings. The van der Waals surface area contributed by atoms with Crippen LogP contribution in [0.1, 0.15) is 46.5 Å². The third-order valence-corrected chi connectivity index (χ3v) is 5.07. The molecule has 34 heavy (non-hydrogen) atoms. The molecule has 0 aliphatic heterocycles. The number of rotatable bonds is 8. The van der Waals surface area contributed by atoms with Crippen molar-refractivity contribution in [1.29, 1.82) is 0 Å². The van der Waals surface area contributed by atoms with Crippen molar-refractivity contribution in [1.82, 2.24) is 9.55 Å². The Morgan fingerprint density at radius 3 is 2.21 bits per heavy atom. The average Bonchev–Trinajstić information content (AvgIpc) is 3.11. The zero-order chi connectivity index (χ0) is 25.0. The fraction of sp³-hybridized carbons (Fsp3) is 0.417. The molecule has 0 radical (unpaired) electrons. The lowest BCUT2D eigenvalue weighted by atomic mass is 9.88. The van der Waals surface area contributed by atoms with Gasteiger partial charge in [-0.2, -0.15) is 0 Å². The third-order valence-electron chi connectivity index (χ3n) is 5.07. The summed E-state index contributed by atoms with van der Waals surface area (Å²) in [4.78, 5) is 27.7. The van der Waals surface area contributed by atoms with Crippen LogP contribution in [0.4, 0.5) is 10.5 Å². The number of imidazole rings is 1. The van der Waals surface area contributed by atoms with E-state index in [9.17, 15) is 14.9 Å². The van der Waals surface area contributed by atoms with Crippen molar-refractivity contribution in [3.63, 3.8) is 0 Å². The second-order valence-electron chi connectivity index (χ2n) is 8.62. The number of carbonyl (C=O) groups excluding carboxylic acids is 1. The number of carbonyl (C=O) groups is 1. The van der Waals surface area contributed by atoms with E-state index < -0.39 is 22.6 Å². The summed E-state index contributed by atoms with van der Waals surface area (Å²) in [6, 6.07) is 8.81. The smallest absolute Gasteiger partial charge is 0.492 e. The number of hydrogen-bond donors (Lipinski definition) is 0. The molecule has 0 spiro atoms. The van der Waals surface area contributed by atoms with Crippen LogP contribution < -0.4 is 14.2 Å². The van der Waals surface area contributed by atoms with Crippen molar-refractivity contribution < 1.29 is 28.7 Å². The van der Waals surface area contributed by atoms with Crippen molar-refractivity contribution >= 4 is 22.9 Å². The van der Waals surface area contributed by atoms with Gasteiger partial charge in [0.25, 0.3) is 5.69 Å². The molecule has 3 aromatic rings. The zero-order valence-corrected chi connectivity index (χ0v) is 20.2. The molecule has 10 nitrogen and oxygen atoms in total. The molecule has 3 rings (SSSR count). The average molecular weight is 472 g/mol. The Bertz CT molecular complexity index is 1180. The standard InChI is InChI=1S/C24H29N3O7/c1-7-31-17-13-14-18(32-8-2)20-19(17)25-22(26(20)6)21(24(3,4)5)34-23(28)33-16-11-9-15(10-12-16)27(29)30/h9-14,21H,7-8H2,1-6H3/t21-/m0/s1. The number of nitro groups is 1. The van der Waals surface area contributed by atoms with Gasteiger partial charge in [-0.1, -0.05) is 20.8 Å². The van der Waals surface area contributed by atoms with Crippen LogP contribution in [0.15, 0.2) is 36.4 Å². The van der Waals surface area contributed by atoms with E-state index in [0.29, 0.717) is 36.1 Å². The van der Waals surface area contributed by atoms with Crippen LogP contribution in [-0.4, -0.2) is 33.8 Å². The summed E-state index contributed by atoms with van der Waals surface area (Å²) < 4.78 is 24.4. The highest BCUT2D eigenvalue weighted by Gasteiger charge is 2.36. The summed E-state index contributed by atoms with van der Waals surface area (Å²) in [6.45, 7) is 10.5. The minimum Gasteiger partial charge on any atom is -0.492 e. The first-order valence-electron chi connectivity index (χ1n) is 10.9. The number of aromatic nitrogens is 2. The first kappa shape index (κ1) is 24.8. The molecule has 1 heterocycles. The van der Waals surface area contributed by atoms with Crippen LogP contribution in [0.5, 0.6) is 17.2 Å². The van der Waals surface area contributed by atoms with Gasteiger partial charge < -0.3 is 23.5 Å². The van der Waals surface area contributed by atoms with Gasteiger partial charge in [0, 0.05) is 24.6 Å². The van der Waals surface area contributed by atoms with E-state index in [2.05, 4.69) is 0 Å². The van der Waals surface area contributed by atoms with Gasteiger partial charge in [0.2, 0.25) is 0 Å². The summed E-state index contributed by atoms with van der Waals surface area (Å²) in [7, 11) is 1.83. The van der Waals surface area contributed by atoms with E-state index in [-0.39, 0.29) is 11.4 Å². The van der Waals surface area contributed by atoms with E-state index in [1.54, 1.807) is 0 Å². The molecule has 0 fully saturated rings. The molecular formula is C24H29N3O7. The van der Waals surface area contributed by atoms with Crippen molar-refractivity contribution in [2.75, 3.05) is 13.2 Å². The van der Waals surface area contributed by atoms with Gasteiger partial charge in [0.15, 0.2) is 11.9 Å². The predicted octanol–water partition coefficient (Wildman–Crippen LogP) is 5.58. The molecular weight excluding hydrogens is 442 g/mol. The van der Waals surface area contributed by atoms with Crippen molar-refractivity contribution in [2.24, 2.45) is 12.5 Å². The molecule has 1 atom stereocenters. The summed E-state index contributed by atoms with van der Waals surface area (Å²) in [5.74, 6) is 1.87. The number of nitrogens with zero attached hydrogens (tertiary/aromatic N) is 3. The minimum absolute atomic E-state index is 0.108. The highest BCUT2D eigenvalue weighted by Crippen LogP contribution is 2.41. The van der Waals surface area contributed by atoms with Crippen molar-refractivity contribution in [3.8, 4) is 17.2 Å². The monoisotopic (exact) mass is 471 g/mol. The number of aryl methyl sites for hydroxylation is 1. The zero-order valence-electron chi connectivity index (χ0n) is 20.2. The number of fused-ring (bicyclic) bond motifs is 1. The van der Waals surface area contributed by atoms with Gasteiger partial charge in [-0.3, -0.25) is 10.1 Å². The molecule has 0 bridgehead atoms. The Balaban J connectivity index is 1.97. The van der Waals surface area contributed by atoms with E-state index in [1.165, 1.54) is 24.3 Å². The molecule has 0 aliphatic carbocycles. The Kier molecular flexibility index (Phi) is 7.29. The molecule has 0 saturated carbocycles. The van der Waals surface area contributed by atoms with E-state index in [0.717, 1.165) is 5.52 Å². The molecule has 0 saturated heterocycles. The molecule has 2 aromatic carbocycles. The molecule has 0 N–H and O–H groups in total. The van der Waals surface area contributed by atoms with Gasteiger partial charge >= 0.3 is 6.16 Å². The molecule has 1 aromatic heterocycles. The second-order valence-corrected chi connectivity index (χ2v) is 8.62. The summed E-state index contributed by atoms with van der Waals surface area (Å²) >= 11 is 0. The van der Waals surface area contributed by atoms with E-state index in [4.69, 9.17) is 23.9 Å². The first-order valence-corrected chi connectivity index (χ1v) is 10.9. The quantitative estimate of drug-likeness (QED) is 0.181. The molecule has 0 amide bonds. The van der Waals surface area contributed by atoms with Gasteiger partial charge in [-0.05, 0) is 38.1 Å². The normalized spacial score (nSPS) is 12.3. The molecule has 10 heteroatoms. The number of ether oxygens (including phenoxy) is 4. The summed E-state index contributed by atoms with van der Waals surface area (Å²) in [5.41, 5.74) is 0.681. The Morgan fingerprint density at radius 1 is 1.06 bits per heavy atom. The lowest BCUT2D eigenvalue weighted by Crippen LogP contribution is -2.28. The Hall–Kier alpha value is -3.82. The van der Waals surface area contributed by atoms with Crippen LogP contribution in [0.3, 0.4) is 0 Å². The Labute approximate surface area is 197 Å². The van der Waals surface area contributed by atoms with Gasteiger partial charge in [-0.15, -0.1) is 0 Å². The number of hydrogen-bond acceptors (Lipinski definition) is 8. The Morgan fingerprint density at radius 2 is 1.65 bits per heavy atom. The van der Waals surface area contributed by atoms with Gasteiger partial charge in [-0.25, -0.2) is 9.78 Å². The second kappa shape index (κ2) is 9.98. The van der Waals surface area contributed by atoms with E-state index in [1.807, 2.05) is 58.4 Å². The molecule has 0 unspecified atom stereocenters. The minimum atomic E-state index is -0.948. The lowest BCUT2D eigenvalue weighted by Gasteiger charge is -2.29. The highest BCUT2D eigenvalue weighted by atomic mass is 16.7. The number of non-ortho nitro benzene ring substituents is 1. The number of benzene rings is 2. The lowest BCUT2D eigenvalue weighted by molar-refractivity contribution is -0.384. The highest BCUT2D eigenvalue weighted by molar-refractivity contribution is 5.88. The third kappa shape index (κ3) is 5.22. The molecule has 182 valence electrons. The topological polar surface area (TPSA) is 115 Å². The first-order chi connectivity index (χ1) is 16.1. The predicted molar refractivity (Wildman–Crippen MR) is 125 cm³/mol. The van der Waals surface area contributed by atoms with Crippen LogP contribution in [0.2, 0.25) is 0 Å². The van der Waals surface area contributed by atoms with Crippen LogP contribution in [-0.2, 0) is 11.8 Å². The van der Waals surface area contributed by atoms with Crippen LogP contribution in [0, 0.1) is 15.5 Å². The van der Waals surface area contributed by atoms with Crippen LogP contribution in [0.25, 0.3) is 11.0 Å². The summed E-state index contributed by atoms with van der Waals surface area (Å²) in [5, 5.41) is 10.8. The largest absolute Gasteiger partial charge is 0.514 e. The van der Waals surface area contributed by atoms with Gasteiger partial charge in [0.05, 0.1) is 18.1 Å². The van der Waals surface area contributed by atoms with E-state index >= 15 is 0 Å². The van der Waals surface area contributed by atoms with Crippen molar-refractivity contribution in [2.45, 2.75) is 40.7 Å². The van der Waals surface area contributed by atoms with Crippen LogP contribution >= 0.6 is 0 Å². The fourth-order valence-electron chi connectivity index (χ4n) is 3.53. The SMILES string of the molecule is CCOc1ccc(OCC)c2c1nc([C@H](OC(=O)Oc1ccc([N+](=O)[O-])cc1)C(C)(C)C)n2C. The maximum atomic E-state index is 12.7. The van der Waals surface area contributed by atoms with Gasteiger partial charge in [0.1, 0.15) is 28.3 Å². The maximum absolute atomic E-state index is 12.7. The number of nitro benzene ring substituents is 1. The maximum Gasteiger partial charge on any atom is 0.514 e. The fourth-order valence-corrected chi connectivity index (χ4v) is 3.53. The summed E-state index contributed by atoms with van der Waals surface area (Å²) in [6.07, 6.45) is -1.73. The van der Waals surface area contributed by atoms with Crippen molar-refractivity contribution in [3.05, 3.63) is 52.3 Å².